The maximum Gasteiger partial charge on any atom is 0.330 e. The number of methoxy groups -OCH3 is 2. The largest absolute Gasteiger partial charge is 0.497 e. The Morgan fingerprint density at radius 3 is 2.50 bits per heavy atom. The Labute approximate surface area is 118 Å². The normalized spacial score (nSPS) is 12.1. The van der Waals surface area contributed by atoms with E-state index in [9.17, 15) is 9.59 Å². The van der Waals surface area contributed by atoms with Gasteiger partial charge in [-0.25, -0.2) is 4.79 Å². The van der Waals surface area contributed by atoms with Crippen LogP contribution in [0.3, 0.4) is 0 Å². The number of ether oxygens (including phenoxy) is 3. The van der Waals surface area contributed by atoms with Gasteiger partial charge in [0.05, 0.1) is 20.8 Å². The highest BCUT2D eigenvalue weighted by molar-refractivity contribution is 5.81. The SMILES string of the molecule is COC(=O)C=CC[C@@H](C=O)OCc1ccc(OC)cc1. The van der Waals surface area contributed by atoms with Crippen molar-refractivity contribution < 1.29 is 23.8 Å². The van der Waals surface area contributed by atoms with Gasteiger partial charge in [0.1, 0.15) is 18.1 Å². The lowest BCUT2D eigenvalue weighted by Gasteiger charge is -2.10. The van der Waals surface area contributed by atoms with Crippen LogP contribution >= 0.6 is 0 Å². The van der Waals surface area contributed by atoms with Crippen LogP contribution in [-0.4, -0.2) is 32.6 Å². The van der Waals surface area contributed by atoms with E-state index in [1.165, 1.54) is 13.2 Å². The highest BCUT2D eigenvalue weighted by atomic mass is 16.5. The highest BCUT2D eigenvalue weighted by Crippen LogP contribution is 2.12. The second-order valence-electron chi connectivity index (χ2n) is 3.99. The van der Waals surface area contributed by atoms with E-state index >= 15 is 0 Å². The van der Waals surface area contributed by atoms with E-state index < -0.39 is 12.1 Å². The minimum absolute atomic E-state index is 0.319. The second kappa shape index (κ2) is 8.87. The molecule has 108 valence electrons. The van der Waals surface area contributed by atoms with Crippen molar-refractivity contribution in [3.05, 3.63) is 42.0 Å². The zero-order chi connectivity index (χ0) is 14.8. The van der Waals surface area contributed by atoms with Gasteiger partial charge in [-0.15, -0.1) is 0 Å². The first kappa shape index (κ1) is 15.9. The molecule has 5 nitrogen and oxygen atoms in total. The minimum Gasteiger partial charge on any atom is -0.497 e. The summed E-state index contributed by atoms with van der Waals surface area (Å²) >= 11 is 0. The maximum absolute atomic E-state index is 10.9. The summed E-state index contributed by atoms with van der Waals surface area (Å²) in [5, 5.41) is 0. The lowest BCUT2D eigenvalue weighted by molar-refractivity contribution is -0.134. The van der Waals surface area contributed by atoms with E-state index in [4.69, 9.17) is 9.47 Å². The first-order valence-electron chi connectivity index (χ1n) is 6.14. The molecule has 0 bridgehead atoms. The van der Waals surface area contributed by atoms with Crippen LogP contribution in [0.15, 0.2) is 36.4 Å². The number of carbonyl (C=O) groups is 2. The van der Waals surface area contributed by atoms with E-state index in [0.717, 1.165) is 11.3 Å². The molecule has 0 unspecified atom stereocenters. The summed E-state index contributed by atoms with van der Waals surface area (Å²) < 4.78 is 15.0. The molecule has 0 N–H and O–H groups in total. The first-order valence-corrected chi connectivity index (χ1v) is 6.14. The number of aldehydes is 1. The van der Waals surface area contributed by atoms with E-state index in [-0.39, 0.29) is 0 Å². The molecular weight excluding hydrogens is 260 g/mol. The molecule has 0 saturated carbocycles. The molecule has 0 heterocycles. The molecular formula is C15H18O5. The van der Waals surface area contributed by atoms with E-state index in [2.05, 4.69) is 4.74 Å². The second-order valence-corrected chi connectivity index (χ2v) is 3.99. The van der Waals surface area contributed by atoms with Gasteiger partial charge in [-0.3, -0.25) is 0 Å². The molecule has 5 heteroatoms. The zero-order valence-corrected chi connectivity index (χ0v) is 11.6. The van der Waals surface area contributed by atoms with Crippen LogP contribution in [0.2, 0.25) is 0 Å². The third-order valence-corrected chi connectivity index (χ3v) is 2.60. The number of hydrogen-bond donors (Lipinski definition) is 0. The Hall–Kier alpha value is -2.14. The third-order valence-electron chi connectivity index (χ3n) is 2.60. The molecule has 0 aliphatic carbocycles. The van der Waals surface area contributed by atoms with Gasteiger partial charge in [-0.2, -0.15) is 0 Å². The first-order chi connectivity index (χ1) is 9.69. The molecule has 0 amide bonds. The van der Waals surface area contributed by atoms with Crippen LogP contribution in [0, 0.1) is 0 Å². The number of hydrogen-bond acceptors (Lipinski definition) is 5. The quantitative estimate of drug-likeness (QED) is 0.413. The number of esters is 1. The van der Waals surface area contributed by atoms with Gasteiger partial charge in [-0.1, -0.05) is 18.2 Å². The molecule has 1 atom stereocenters. The van der Waals surface area contributed by atoms with Crippen molar-refractivity contribution in [1.29, 1.82) is 0 Å². The summed E-state index contributed by atoms with van der Waals surface area (Å²) in [5.74, 6) is 0.312. The summed E-state index contributed by atoms with van der Waals surface area (Å²) in [4.78, 5) is 21.7. The Bertz CT molecular complexity index is 450. The van der Waals surface area contributed by atoms with Crippen LogP contribution in [0.25, 0.3) is 0 Å². The van der Waals surface area contributed by atoms with E-state index in [0.29, 0.717) is 19.3 Å². The van der Waals surface area contributed by atoms with E-state index in [1.54, 1.807) is 13.2 Å². The molecule has 0 fully saturated rings. The molecule has 0 aliphatic rings. The van der Waals surface area contributed by atoms with Gasteiger partial charge in [0, 0.05) is 6.08 Å². The van der Waals surface area contributed by atoms with Crippen LogP contribution in [-0.2, 0) is 25.7 Å². The van der Waals surface area contributed by atoms with Crippen molar-refractivity contribution in [1.82, 2.24) is 0 Å². The van der Waals surface area contributed by atoms with Crippen molar-refractivity contribution in [2.75, 3.05) is 14.2 Å². The summed E-state index contributed by atoms with van der Waals surface area (Å²) in [5.41, 5.74) is 0.939. The number of rotatable bonds is 8. The standard InChI is InChI=1S/C15H18O5/c1-18-13-8-6-12(7-9-13)11-20-14(10-16)4-3-5-15(17)19-2/h3,5-10,14H,4,11H2,1-2H3/t14-/m0/s1. The molecule has 0 saturated heterocycles. The van der Waals surface area contributed by atoms with Gasteiger partial charge in [0.15, 0.2) is 0 Å². The van der Waals surface area contributed by atoms with Crippen molar-refractivity contribution in [2.24, 2.45) is 0 Å². The summed E-state index contributed by atoms with van der Waals surface area (Å²) in [6.45, 7) is 0.319. The monoisotopic (exact) mass is 278 g/mol. The van der Waals surface area contributed by atoms with Gasteiger partial charge in [0.2, 0.25) is 0 Å². The number of benzene rings is 1. The zero-order valence-electron chi connectivity index (χ0n) is 11.6. The lowest BCUT2D eigenvalue weighted by atomic mass is 10.2. The van der Waals surface area contributed by atoms with Crippen LogP contribution in [0.1, 0.15) is 12.0 Å². The molecule has 0 aliphatic heterocycles. The predicted octanol–water partition coefficient (Wildman–Crippen LogP) is 1.90. The molecule has 0 radical (unpaired) electrons. The smallest absolute Gasteiger partial charge is 0.330 e. The fourth-order valence-corrected chi connectivity index (χ4v) is 1.45. The Kier molecular flexibility index (Phi) is 7.06. The van der Waals surface area contributed by atoms with Crippen LogP contribution in [0.4, 0.5) is 0 Å². The van der Waals surface area contributed by atoms with Crippen LogP contribution in [0.5, 0.6) is 5.75 Å². The average molecular weight is 278 g/mol. The van der Waals surface area contributed by atoms with Crippen molar-refractivity contribution >= 4 is 12.3 Å². The third kappa shape index (κ3) is 5.67. The predicted molar refractivity (Wildman–Crippen MR) is 73.4 cm³/mol. The fourth-order valence-electron chi connectivity index (χ4n) is 1.45. The Morgan fingerprint density at radius 2 is 1.95 bits per heavy atom. The lowest BCUT2D eigenvalue weighted by Crippen LogP contribution is -2.13. The molecule has 20 heavy (non-hydrogen) atoms. The van der Waals surface area contributed by atoms with Gasteiger partial charge in [-0.05, 0) is 24.1 Å². The molecule has 1 aromatic carbocycles. The molecule has 1 aromatic rings. The van der Waals surface area contributed by atoms with Crippen molar-refractivity contribution in [3.63, 3.8) is 0 Å². The Morgan fingerprint density at radius 1 is 1.25 bits per heavy atom. The summed E-state index contributed by atoms with van der Waals surface area (Å²) in [7, 11) is 2.89. The molecule has 0 spiro atoms. The topological polar surface area (TPSA) is 61.8 Å². The average Bonchev–Trinajstić information content (AvgIpc) is 2.50. The van der Waals surface area contributed by atoms with Gasteiger partial charge >= 0.3 is 5.97 Å². The fraction of sp³-hybridized carbons (Fsp3) is 0.333. The van der Waals surface area contributed by atoms with Gasteiger partial charge < -0.3 is 19.0 Å². The summed E-state index contributed by atoms with van der Waals surface area (Å²) in [6, 6.07) is 7.38. The van der Waals surface area contributed by atoms with Crippen molar-refractivity contribution in [2.45, 2.75) is 19.1 Å². The molecule has 1 rings (SSSR count). The highest BCUT2D eigenvalue weighted by Gasteiger charge is 2.06. The van der Waals surface area contributed by atoms with Crippen LogP contribution < -0.4 is 4.74 Å². The molecule has 0 aromatic heterocycles. The van der Waals surface area contributed by atoms with Crippen molar-refractivity contribution in [3.8, 4) is 5.75 Å². The number of carbonyl (C=O) groups excluding carboxylic acids is 2. The maximum atomic E-state index is 10.9. The Balaban J connectivity index is 2.42. The minimum atomic E-state index is -0.585. The van der Waals surface area contributed by atoms with Gasteiger partial charge in [0.25, 0.3) is 0 Å². The summed E-state index contributed by atoms with van der Waals surface area (Å²) in [6.07, 6.45) is 3.28. The van der Waals surface area contributed by atoms with E-state index in [1.807, 2.05) is 24.3 Å².